The van der Waals surface area contributed by atoms with E-state index in [2.05, 4.69) is 15.5 Å². The molecule has 0 spiro atoms. The van der Waals surface area contributed by atoms with Gasteiger partial charge in [-0.25, -0.2) is 0 Å². The molecule has 110 valence electrons. The number of hydrogen-bond acceptors (Lipinski definition) is 5. The minimum absolute atomic E-state index is 0.189. The third-order valence-electron chi connectivity index (χ3n) is 2.79. The molecule has 0 bridgehead atoms. The molecule has 2 aromatic rings. The third-order valence-corrected chi connectivity index (χ3v) is 2.79. The van der Waals surface area contributed by atoms with E-state index >= 15 is 0 Å². The fourth-order valence-corrected chi connectivity index (χ4v) is 1.72. The fourth-order valence-electron chi connectivity index (χ4n) is 1.72. The quantitative estimate of drug-likeness (QED) is 0.906. The summed E-state index contributed by atoms with van der Waals surface area (Å²) >= 11 is 0. The molecule has 0 aliphatic rings. The van der Waals surface area contributed by atoms with Crippen molar-refractivity contribution in [3.8, 4) is 11.6 Å². The highest BCUT2D eigenvalue weighted by atomic mass is 16.5. The number of ether oxygens (including phenoxy) is 1. The van der Waals surface area contributed by atoms with Gasteiger partial charge in [-0.1, -0.05) is 12.1 Å². The Morgan fingerprint density at radius 2 is 1.86 bits per heavy atom. The summed E-state index contributed by atoms with van der Waals surface area (Å²) in [6.07, 6.45) is 0. The molecule has 0 radical (unpaired) electrons. The van der Waals surface area contributed by atoms with E-state index in [0.717, 1.165) is 6.54 Å². The first-order chi connectivity index (χ1) is 10.1. The molecular formula is C15H18N4O2. The van der Waals surface area contributed by atoms with E-state index in [1.165, 1.54) is 10.5 Å². The van der Waals surface area contributed by atoms with Gasteiger partial charge in [-0.15, -0.1) is 10.2 Å². The minimum Gasteiger partial charge on any atom is -0.438 e. The first kappa shape index (κ1) is 14.9. The lowest BCUT2D eigenvalue weighted by Crippen LogP contribution is -2.23. The van der Waals surface area contributed by atoms with Crippen molar-refractivity contribution < 1.29 is 9.53 Å². The lowest BCUT2D eigenvalue weighted by Gasteiger charge is -2.09. The van der Waals surface area contributed by atoms with E-state index in [0.29, 0.717) is 11.6 Å². The molecule has 0 atom stereocenters. The molecule has 0 aliphatic carbocycles. The largest absolute Gasteiger partial charge is 0.438 e. The number of amides is 1. The van der Waals surface area contributed by atoms with Gasteiger partial charge in [-0.05, 0) is 30.8 Å². The van der Waals surface area contributed by atoms with Crippen molar-refractivity contribution in [1.29, 1.82) is 0 Å². The van der Waals surface area contributed by atoms with Gasteiger partial charge in [0.15, 0.2) is 5.69 Å². The summed E-state index contributed by atoms with van der Waals surface area (Å²) in [4.78, 5) is 13.1. The Balaban J connectivity index is 2.04. The summed E-state index contributed by atoms with van der Waals surface area (Å²) in [5.41, 5.74) is 1.46. The first-order valence-corrected chi connectivity index (χ1v) is 6.57. The lowest BCUT2D eigenvalue weighted by molar-refractivity contribution is 0.0820. The van der Waals surface area contributed by atoms with Crippen molar-refractivity contribution in [3.63, 3.8) is 0 Å². The molecule has 1 heterocycles. The van der Waals surface area contributed by atoms with Gasteiger partial charge >= 0.3 is 0 Å². The van der Waals surface area contributed by atoms with Crippen molar-refractivity contribution in [2.75, 3.05) is 21.1 Å². The van der Waals surface area contributed by atoms with E-state index in [-0.39, 0.29) is 11.6 Å². The van der Waals surface area contributed by atoms with E-state index in [9.17, 15) is 4.79 Å². The lowest BCUT2D eigenvalue weighted by atomic mass is 10.2. The van der Waals surface area contributed by atoms with Crippen molar-refractivity contribution >= 4 is 5.91 Å². The maximum absolute atomic E-state index is 11.7. The van der Waals surface area contributed by atoms with Crippen LogP contribution in [0.1, 0.15) is 16.1 Å². The van der Waals surface area contributed by atoms with Gasteiger partial charge in [0.05, 0.1) is 0 Å². The normalized spacial score (nSPS) is 10.2. The van der Waals surface area contributed by atoms with Crippen molar-refractivity contribution in [2.24, 2.45) is 0 Å². The van der Waals surface area contributed by atoms with Gasteiger partial charge in [0.2, 0.25) is 5.88 Å². The average Bonchev–Trinajstić information content (AvgIpc) is 2.49. The average molecular weight is 286 g/mol. The van der Waals surface area contributed by atoms with E-state index < -0.39 is 0 Å². The van der Waals surface area contributed by atoms with Gasteiger partial charge < -0.3 is 15.0 Å². The molecular weight excluding hydrogens is 268 g/mol. The van der Waals surface area contributed by atoms with Crippen molar-refractivity contribution in [3.05, 3.63) is 47.7 Å². The summed E-state index contributed by atoms with van der Waals surface area (Å²) in [5.74, 6) is 0.841. The van der Waals surface area contributed by atoms with Gasteiger partial charge in [-0.3, -0.25) is 4.79 Å². The van der Waals surface area contributed by atoms with E-state index in [1.54, 1.807) is 26.2 Å². The Morgan fingerprint density at radius 3 is 2.38 bits per heavy atom. The first-order valence-electron chi connectivity index (χ1n) is 6.57. The van der Waals surface area contributed by atoms with Crippen LogP contribution in [-0.4, -0.2) is 42.1 Å². The Morgan fingerprint density at radius 1 is 1.14 bits per heavy atom. The SMILES string of the molecule is CNCc1ccc(Oc2ccc(C(=O)N(C)C)nn2)cc1. The second-order valence-electron chi connectivity index (χ2n) is 4.73. The summed E-state index contributed by atoms with van der Waals surface area (Å²) < 4.78 is 5.59. The Kier molecular flexibility index (Phi) is 4.84. The predicted molar refractivity (Wildman–Crippen MR) is 79.3 cm³/mol. The van der Waals surface area contributed by atoms with Crippen LogP contribution in [0, 0.1) is 0 Å². The van der Waals surface area contributed by atoms with Crippen LogP contribution in [0.25, 0.3) is 0 Å². The molecule has 1 aromatic heterocycles. The van der Waals surface area contributed by atoms with E-state index in [4.69, 9.17) is 4.74 Å². The zero-order chi connectivity index (χ0) is 15.2. The fraction of sp³-hybridized carbons (Fsp3) is 0.267. The topological polar surface area (TPSA) is 67.3 Å². The molecule has 1 N–H and O–H groups in total. The van der Waals surface area contributed by atoms with Crippen LogP contribution in [0.2, 0.25) is 0 Å². The summed E-state index contributed by atoms with van der Waals surface area (Å²) in [7, 11) is 5.23. The van der Waals surface area contributed by atoms with E-state index in [1.807, 2.05) is 31.3 Å². The highest BCUT2D eigenvalue weighted by molar-refractivity contribution is 5.91. The predicted octanol–water partition coefficient (Wildman–Crippen LogP) is 1.69. The number of rotatable bonds is 5. The van der Waals surface area contributed by atoms with Crippen LogP contribution in [0.5, 0.6) is 11.6 Å². The summed E-state index contributed by atoms with van der Waals surface area (Å²) in [5, 5.41) is 10.9. The van der Waals surface area contributed by atoms with Crippen LogP contribution in [0.3, 0.4) is 0 Å². The molecule has 1 amide bonds. The second kappa shape index (κ2) is 6.81. The van der Waals surface area contributed by atoms with Gasteiger partial charge in [0.1, 0.15) is 5.75 Å². The molecule has 0 saturated heterocycles. The molecule has 2 rings (SSSR count). The monoisotopic (exact) mass is 286 g/mol. The molecule has 0 fully saturated rings. The number of carbonyl (C=O) groups is 1. The summed E-state index contributed by atoms with van der Waals surface area (Å²) in [6.45, 7) is 0.807. The number of aromatic nitrogens is 2. The van der Waals surface area contributed by atoms with Crippen LogP contribution in [0.15, 0.2) is 36.4 Å². The maximum Gasteiger partial charge on any atom is 0.273 e. The third kappa shape index (κ3) is 4.00. The smallest absolute Gasteiger partial charge is 0.273 e. The number of hydrogen-bond donors (Lipinski definition) is 1. The number of benzene rings is 1. The number of carbonyl (C=O) groups excluding carboxylic acids is 1. The highest BCUT2D eigenvalue weighted by Gasteiger charge is 2.10. The zero-order valence-corrected chi connectivity index (χ0v) is 12.3. The van der Waals surface area contributed by atoms with Gasteiger partial charge in [-0.2, -0.15) is 0 Å². The Bertz CT molecular complexity index is 594. The Hall–Kier alpha value is -2.47. The maximum atomic E-state index is 11.7. The standard InChI is InChI=1S/C15H18N4O2/c1-16-10-11-4-6-12(7-5-11)21-14-9-8-13(17-18-14)15(20)19(2)3/h4-9,16H,10H2,1-3H3. The molecule has 6 heteroatoms. The van der Waals surface area contributed by atoms with Crippen LogP contribution >= 0.6 is 0 Å². The summed E-state index contributed by atoms with van der Waals surface area (Å²) in [6, 6.07) is 10.9. The van der Waals surface area contributed by atoms with Crippen LogP contribution < -0.4 is 10.1 Å². The number of nitrogens with zero attached hydrogens (tertiary/aromatic N) is 3. The van der Waals surface area contributed by atoms with Gasteiger partial charge in [0, 0.05) is 26.7 Å². The molecule has 0 aliphatic heterocycles. The highest BCUT2D eigenvalue weighted by Crippen LogP contribution is 2.19. The molecule has 21 heavy (non-hydrogen) atoms. The van der Waals surface area contributed by atoms with Gasteiger partial charge in [0.25, 0.3) is 5.91 Å². The zero-order valence-electron chi connectivity index (χ0n) is 12.3. The van der Waals surface area contributed by atoms with Crippen molar-refractivity contribution in [2.45, 2.75) is 6.54 Å². The van der Waals surface area contributed by atoms with Crippen LogP contribution in [0.4, 0.5) is 0 Å². The molecule has 0 saturated carbocycles. The number of nitrogens with one attached hydrogen (secondary N) is 1. The minimum atomic E-state index is -0.189. The molecule has 6 nitrogen and oxygen atoms in total. The van der Waals surface area contributed by atoms with Crippen LogP contribution in [-0.2, 0) is 6.54 Å². The molecule has 1 aromatic carbocycles. The second-order valence-corrected chi connectivity index (χ2v) is 4.73. The van der Waals surface area contributed by atoms with Crippen molar-refractivity contribution in [1.82, 2.24) is 20.4 Å². The Labute approximate surface area is 123 Å². The molecule has 0 unspecified atom stereocenters.